The van der Waals surface area contributed by atoms with Crippen molar-refractivity contribution in [2.24, 2.45) is 0 Å². The Balaban J connectivity index is 1.57. The van der Waals surface area contributed by atoms with Gasteiger partial charge in [0.25, 0.3) is 0 Å². The number of hydrogen-bond donors (Lipinski definition) is 0. The van der Waals surface area contributed by atoms with Crippen LogP contribution in [0.15, 0.2) is 45.6 Å². The van der Waals surface area contributed by atoms with Crippen LogP contribution in [-0.2, 0) is 17.8 Å². The summed E-state index contributed by atoms with van der Waals surface area (Å²) < 4.78 is 5.24. The topological polar surface area (TPSA) is 59.2 Å². The highest BCUT2D eigenvalue weighted by molar-refractivity contribution is 7.08. The molecule has 3 rings (SSSR count). The fourth-order valence-electron chi connectivity index (χ4n) is 2.47. The molecule has 2 aromatic heterocycles. The summed E-state index contributed by atoms with van der Waals surface area (Å²) in [6.45, 7) is 3.14. The van der Waals surface area contributed by atoms with Crippen molar-refractivity contribution in [2.75, 3.05) is 6.54 Å². The minimum atomic E-state index is 0.0535. The van der Waals surface area contributed by atoms with Gasteiger partial charge in [-0.1, -0.05) is 28.9 Å². The zero-order chi connectivity index (χ0) is 17.6. The molecule has 2 heterocycles. The van der Waals surface area contributed by atoms with Gasteiger partial charge in [-0.05, 0) is 36.1 Å². The molecule has 1 amide bonds. The Hall–Kier alpha value is -2.18. The van der Waals surface area contributed by atoms with E-state index in [-0.39, 0.29) is 5.91 Å². The minimum absolute atomic E-state index is 0.0535. The summed E-state index contributed by atoms with van der Waals surface area (Å²) in [6, 6.07) is 9.49. The molecule has 1 aromatic carbocycles. The minimum Gasteiger partial charge on any atom is -0.339 e. The van der Waals surface area contributed by atoms with Crippen molar-refractivity contribution >= 4 is 28.8 Å². The van der Waals surface area contributed by atoms with Crippen LogP contribution in [0, 0.1) is 0 Å². The molecule has 0 aliphatic heterocycles. The number of amides is 1. The molecule has 7 heteroatoms. The fraction of sp³-hybridized carbons (Fsp3) is 0.278. The smallest absolute Gasteiger partial charge is 0.227 e. The van der Waals surface area contributed by atoms with Crippen molar-refractivity contribution in [1.29, 1.82) is 0 Å². The number of aromatic nitrogens is 2. The van der Waals surface area contributed by atoms with E-state index in [1.807, 2.05) is 48.0 Å². The van der Waals surface area contributed by atoms with Gasteiger partial charge in [0.2, 0.25) is 17.6 Å². The zero-order valence-corrected chi connectivity index (χ0v) is 15.4. The van der Waals surface area contributed by atoms with Gasteiger partial charge in [-0.2, -0.15) is 16.3 Å². The van der Waals surface area contributed by atoms with Crippen LogP contribution < -0.4 is 0 Å². The van der Waals surface area contributed by atoms with Gasteiger partial charge >= 0.3 is 0 Å². The second kappa shape index (κ2) is 8.27. The van der Waals surface area contributed by atoms with E-state index in [1.54, 1.807) is 16.2 Å². The summed E-state index contributed by atoms with van der Waals surface area (Å²) in [5.74, 6) is 1.10. The average Bonchev–Trinajstić information content (AvgIpc) is 3.28. The summed E-state index contributed by atoms with van der Waals surface area (Å²) in [6.07, 6.45) is 0.766. The summed E-state index contributed by atoms with van der Waals surface area (Å²) in [7, 11) is 0. The third kappa shape index (κ3) is 4.67. The largest absolute Gasteiger partial charge is 0.339 e. The number of carbonyl (C=O) groups excluding carboxylic acids is 1. The van der Waals surface area contributed by atoms with Crippen LogP contribution in [0.1, 0.15) is 24.8 Å². The maximum absolute atomic E-state index is 12.5. The molecule has 3 aromatic rings. The summed E-state index contributed by atoms with van der Waals surface area (Å²) in [5.41, 5.74) is 1.95. The van der Waals surface area contributed by atoms with Crippen molar-refractivity contribution in [2.45, 2.75) is 26.3 Å². The molecule has 25 heavy (non-hydrogen) atoms. The summed E-state index contributed by atoms with van der Waals surface area (Å²) in [4.78, 5) is 18.6. The lowest BCUT2D eigenvalue weighted by Crippen LogP contribution is -2.30. The van der Waals surface area contributed by atoms with Gasteiger partial charge in [-0.15, -0.1) is 0 Å². The first-order valence-corrected chi connectivity index (χ1v) is 9.35. The first-order valence-electron chi connectivity index (χ1n) is 8.03. The second-order valence-corrected chi connectivity index (χ2v) is 6.78. The normalized spacial score (nSPS) is 10.8. The maximum Gasteiger partial charge on any atom is 0.227 e. The Bertz CT molecular complexity index is 832. The molecule has 0 unspecified atom stereocenters. The maximum atomic E-state index is 12.5. The molecular formula is C18H18ClN3O2S. The molecule has 5 nitrogen and oxygen atoms in total. The molecule has 130 valence electrons. The first-order chi connectivity index (χ1) is 12.2. The van der Waals surface area contributed by atoms with E-state index in [2.05, 4.69) is 10.1 Å². The molecule has 0 saturated heterocycles. The Labute approximate surface area is 155 Å². The molecule has 0 radical (unpaired) electrons. The molecule has 0 saturated carbocycles. The molecule has 0 N–H and O–H groups in total. The third-order valence-electron chi connectivity index (χ3n) is 3.80. The number of benzene rings is 1. The van der Waals surface area contributed by atoms with E-state index in [0.29, 0.717) is 42.7 Å². The van der Waals surface area contributed by atoms with Gasteiger partial charge in [0, 0.05) is 41.9 Å². The number of carbonyl (C=O) groups is 1. The van der Waals surface area contributed by atoms with E-state index in [4.69, 9.17) is 16.1 Å². The van der Waals surface area contributed by atoms with Crippen LogP contribution in [-0.4, -0.2) is 27.5 Å². The van der Waals surface area contributed by atoms with Crippen molar-refractivity contribution in [3.8, 4) is 11.4 Å². The van der Waals surface area contributed by atoms with E-state index >= 15 is 0 Å². The number of nitrogens with zero attached hydrogens (tertiary/aromatic N) is 3. The highest BCUT2D eigenvalue weighted by Crippen LogP contribution is 2.19. The predicted molar refractivity (Wildman–Crippen MR) is 98.5 cm³/mol. The monoisotopic (exact) mass is 375 g/mol. The second-order valence-electron chi connectivity index (χ2n) is 5.56. The quantitative estimate of drug-likeness (QED) is 0.612. The van der Waals surface area contributed by atoms with Crippen molar-refractivity contribution < 1.29 is 9.32 Å². The molecule has 0 spiro atoms. The lowest BCUT2D eigenvalue weighted by atomic mass is 10.2. The Morgan fingerprint density at radius 1 is 1.36 bits per heavy atom. The number of halogens is 1. The van der Waals surface area contributed by atoms with Gasteiger partial charge in [-0.25, -0.2) is 0 Å². The van der Waals surface area contributed by atoms with E-state index in [0.717, 1.165) is 11.1 Å². The van der Waals surface area contributed by atoms with Gasteiger partial charge in [0.15, 0.2) is 0 Å². The highest BCUT2D eigenvalue weighted by atomic mass is 35.5. The highest BCUT2D eigenvalue weighted by Gasteiger charge is 2.15. The SMILES string of the molecule is CCN(Cc1cccc(Cl)c1)C(=O)CCc1nc(-c2ccsc2)no1. The first kappa shape index (κ1) is 17.6. The number of thiophene rings is 1. The van der Waals surface area contributed by atoms with Crippen LogP contribution in [0.5, 0.6) is 0 Å². The molecule has 0 atom stereocenters. The Morgan fingerprint density at radius 3 is 2.96 bits per heavy atom. The predicted octanol–water partition coefficient (Wildman–Crippen LogP) is 4.43. The summed E-state index contributed by atoms with van der Waals surface area (Å²) >= 11 is 7.59. The van der Waals surface area contributed by atoms with E-state index < -0.39 is 0 Å². The van der Waals surface area contributed by atoms with Gasteiger partial charge in [-0.3, -0.25) is 4.79 Å². The molecular weight excluding hydrogens is 358 g/mol. The molecule has 0 bridgehead atoms. The van der Waals surface area contributed by atoms with Crippen LogP contribution in [0.3, 0.4) is 0 Å². The van der Waals surface area contributed by atoms with Gasteiger partial charge < -0.3 is 9.42 Å². The summed E-state index contributed by atoms with van der Waals surface area (Å²) in [5, 5.41) is 8.56. The van der Waals surface area contributed by atoms with Crippen molar-refractivity contribution in [3.05, 3.63) is 57.6 Å². The Morgan fingerprint density at radius 2 is 2.24 bits per heavy atom. The zero-order valence-electron chi connectivity index (χ0n) is 13.8. The lowest BCUT2D eigenvalue weighted by molar-refractivity contribution is -0.131. The molecule has 0 aliphatic carbocycles. The number of hydrogen-bond acceptors (Lipinski definition) is 5. The average molecular weight is 376 g/mol. The van der Waals surface area contributed by atoms with E-state index in [9.17, 15) is 4.79 Å². The van der Waals surface area contributed by atoms with Gasteiger partial charge in [0.05, 0.1) is 0 Å². The van der Waals surface area contributed by atoms with Crippen LogP contribution in [0.25, 0.3) is 11.4 Å². The lowest BCUT2D eigenvalue weighted by Gasteiger charge is -2.20. The fourth-order valence-corrected chi connectivity index (χ4v) is 3.32. The van der Waals surface area contributed by atoms with Crippen LogP contribution >= 0.6 is 22.9 Å². The molecule has 0 aliphatic rings. The van der Waals surface area contributed by atoms with Crippen LogP contribution in [0.4, 0.5) is 0 Å². The molecule has 0 fully saturated rings. The third-order valence-corrected chi connectivity index (χ3v) is 4.72. The van der Waals surface area contributed by atoms with Crippen LogP contribution in [0.2, 0.25) is 5.02 Å². The van der Waals surface area contributed by atoms with Crippen molar-refractivity contribution in [1.82, 2.24) is 15.0 Å². The Kier molecular flexibility index (Phi) is 5.83. The van der Waals surface area contributed by atoms with Crippen molar-refractivity contribution in [3.63, 3.8) is 0 Å². The number of aryl methyl sites for hydroxylation is 1. The number of rotatable bonds is 7. The standard InChI is InChI=1S/C18H18ClN3O2S/c1-2-22(11-13-4-3-5-15(19)10-13)17(23)7-6-16-20-18(21-24-16)14-8-9-25-12-14/h3-5,8-10,12H,2,6-7,11H2,1H3. The van der Waals surface area contributed by atoms with Gasteiger partial charge in [0.1, 0.15) is 0 Å². The van der Waals surface area contributed by atoms with E-state index in [1.165, 1.54) is 0 Å².